The van der Waals surface area contributed by atoms with Crippen LogP contribution in [0.1, 0.15) is 45.9 Å². The molecule has 0 fully saturated rings. The molecule has 0 saturated heterocycles. The van der Waals surface area contributed by atoms with Crippen molar-refractivity contribution in [2.24, 2.45) is 0 Å². The normalized spacial score (nSPS) is 10.2. The fraction of sp³-hybridized carbons (Fsp3) is 0.364. The van der Waals surface area contributed by atoms with Crippen molar-refractivity contribution in [2.75, 3.05) is 31.7 Å². The number of hydrogen-bond donors (Lipinski definition) is 1. The summed E-state index contributed by atoms with van der Waals surface area (Å²) in [4.78, 5) is 48.8. The van der Waals surface area contributed by atoms with Crippen LogP contribution in [-0.4, -0.2) is 50.2 Å². The molecule has 0 aliphatic carbocycles. The van der Waals surface area contributed by atoms with Crippen molar-refractivity contribution in [3.05, 3.63) is 46.3 Å². The first-order chi connectivity index (χ1) is 15.4. The summed E-state index contributed by atoms with van der Waals surface area (Å²) in [5.74, 6) is -1.94. The third-order valence-electron chi connectivity index (χ3n) is 4.02. The van der Waals surface area contributed by atoms with Crippen molar-refractivity contribution in [3.63, 3.8) is 0 Å². The van der Waals surface area contributed by atoms with Crippen LogP contribution in [0, 0.1) is 6.92 Å². The van der Waals surface area contributed by atoms with Crippen molar-refractivity contribution < 1.29 is 38.1 Å². The molecule has 1 amide bonds. The second kappa shape index (κ2) is 12.5. The van der Waals surface area contributed by atoms with E-state index in [0.717, 1.165) is 11.3 Å². The van der Waals surface area contributed by atoms with E-state index in [1.54, 1.807) is 32.9 Å². The van der Waals surface area contributed by atoms with Gasteiger partial charge in [-0.25, -0.2) is 9.59 Å². The molecule has 0 atom stereocenters. The summed E-state index contributed by atoms with van der Waals surface area (Å²) in [6.07, 6.45) is -0.0403. The molecule has 0 radical (unpaired) electrons. The zero-order chi connectivity index (χ0) is 23.5. The molecule has 10 heteroatoms. The molecule has 1 heterocycles. The Labute approximate surface area is 189 Å². The molecule has 1 aromatic heterocycles. The Morgan fingerprint density at radius 3 is 2.25 bits per heavy atom. The summed E-state index contributed by atoms with van der Waals surface area (Å²) in [6, 6.07) is 8.98. The van der Waals surface area contributed by atoms with Crippen LogP contribution in [0.5, 0.6) is 5.75 Å². The molecule has 0 saturated carbocycles. The number of ether oxygens (including phenoxy) is 4. The van der Waals surface area contributed by atoms with E-state index in [2.05, 4.69) is 5.32 Å². The summed E-state index contributed by atoms with van der Waals surface area (Å²) in [5, 5.41) is 2.63. The first-order valence-electron chi connectivity index (χ1n) is 9.98. The highest BCUT2D eigenvalue weighted by Crippen LogP contribution is 2.34. The maximum atomic E-state index is 12.3. The third kappa shape index (κ3) is 7.09. The maximum absolute atomic E-state index is 12.3. The number of hydrogen-bond acceptors (Lipinski definition) is 9. The number of nitrogens with one attached hydrogen (secondary N) is 1. The van der Waals surface area contributed by atoms with E-state index in [4.69, 9.17) is 18.9 Å². The van der Waals surface area contributed by atoms with Crippen molar-refractivity contribution in [1.82, 2.24) is 0 Å². The minimum Gasteiger partial charge on any atom is -0.493 e. The lowest BCUT2D eigenvalue weighted by molar-refractivity contribution is -0.147. The smallest absolute Gasteiger partial charge is 0.348 e. The molecule has 2 aromatic rings. The first kappa shape index (κ1) is 24.9. The molecule has 0 aliphatic rings. The zero-order valence-electron chi connectivity index (χ0n) is 18.1. The molecule has 1 N–H and O–H groups in total. The number of amides is 1. The minimum atomic E-state index is -0.679. The second-order valence-electron chi connectivity index (χ2n) is 6.32. The molecule has 0 bridgehead atoms. The minimum absolute atomic E-state index is 0.0403. The summed E-state index contributed by atoms with van der Waals surface area (Å²) < 4.78 is 20.4. The monoisotopic (exact) mass is 463 g/mol. The zero-order valence-corrected chi connectivity index (χ0v) is 18.9. The maximum Gasteiger partial charge on any atom is 0.348 e. The van der Waals surface area contributed by atoms with E-state index in [1.165, 1.54) is 0 Å². The van der Waals surface area contributed by atoms with Gasteiger partial charge in [0.15, 0.2) is 6.61 Å². The number of carbonyl (C=O) groups excluding carboxylic acids is 4. The molecule has 9 nitrogen and oxygen atoms in total. The topological polar surface area (TPSA) is 117 Å². The lowest BCUT2D eigenvalue weighted by atomic mass is 10.1. The number of thiophene rings is 1. The van der Waals surface area contributed by atoms with Crippen molar-refractivity contribution in [3.8, 4) is 5.75 Å². The Morgan fingerprint density at radius 2 is 1.59 bits per heavy atom. The summed E-state index contributed by atoms with van der Waals surface area (Å²) in [6.45, 7) is 4.70. The molecule has 1 aromatic carbocycles. The average Bonchev–Trinajstić information content (AvgIpc) is 3.09. The Bertz CT molecular complexity index is 954. The largest absolute Gasteiger partial charge is 0.493 e. The highest BCUT2D eigenvalue weighted by atomic mass is 32.1. The van der Waals surface area contributed by atoms with E-state index >= 15 is 0 Å². The van der Waals surface area contributed by atoms with Gasteiger partial charge in [0, 0.05) is 0 Å². The van der Waals surface area contributed by atoms with E-state index < -0.39 is 30.4 Å². The molecular weight excluding hydrogens is 438 g/mol. The van der Waals surface area contributed by atoms with Crippen LogP contribution in [0.25, 0.3) is 0 Å². The second-order valence-corrected chi connectivity index (χ2v) is 7.34. The van der Waals surface area contributed by atoms with Crippen LogP contribution in [0.4, 0.5) is 5.00 Å². The fourth-order valence-corrected chi connectivity index (χ4v) is 3.70. The summed E-state index contributed by atoms with van der Waals surface area (Å²) in [7, 11) is 0. The predicted molar refractivity (Wildman–Crippen MR) is 117 cm³/mol. The number of rotatable bonds is 11. The van der Waals surface area contributed by atoms with Crippen molar-refractivity contribution in [1.29, 1.82) is 0 Å². The van der Waals surface area contributed by atoms with Gasteiger partial charge in [0.05, 0.1) is 31.8 Å². The fourth-order valence-electron chi connectivity index (χ4n) is 2.59. The molecule has 0 aliphatic heterocycles. The van der Waals surface area contributed by atoms with E-state index in [9.17, 15) is 19.2 Å². The van der Waals surface area contributed by atoms with Crippen LogP contribution < -0.4 is 10.1 Å². The summed E-state index contributed by atoms with van der Waals surface area (Å²) >= 11 is 0.895. The molecule has 2 rings (SSSR count). The standard InChI is InChI=1S/C22H25NO8S/c1-4-28-21(26)18-14(3)19(22(27)29-5-2)32-20(18)23-16(24)13-31-17(25)11-12-30-15-9-7-6-8-10-15/h6-10H,4-5,11-13H2,1-3H3,(H,23,24). The van der Waals surface area contributed by atoms with Gasteiger partial charge in [-0.15, -0.1) is 11.3 Å². The van der Waals surface area contributed by atoms with Crippen LogP contribution in [0.15, 0.2) is 30.3 Å². The van der Waals surface area contributed by atoms with Crippen molar-refractivity contribution >= 4 is 40.2 Å². The number of benzene rings is 1. The molecule has 172 valence electrons. The number of esters is 3. The van der Waals surface area contributed by atoms with Crippen LogP contribution in [0.2, 0.25) is 0 Å². The van der Waals surface area contributed by atoms with Crippen molar-refractivity contribution in [2.45, 2.75) is 27.2 Å². The lowest BCUT2D eigenvalue weighted by Crippen LogP contribution is -2.22. The van der Waals surface area contributed by atoms with Gasteiger partial charge in [0.1, 0.15) is 15.6 Å². The lowest BCUT2D eigenvalue weighted by Gasteiger charge is -2.08. The Hall–Kier alpha value is -3.40. The predicted octanol–water partition coefficient (Wildman–Crippen LogP) is 3.36. The number of para-hydroxylation sites is 1. The van der Waals surface area contributed by atoms with Crippen LogP contribution in [-0.2, 0) is 23.8 Å². The Morgan fingerprint density at radius 1 is 0.938 bits per heavy atom. The highest BCUT2D eigenvalue weighted by Gasteiger charge is 2.27. The highest BCUT2D eigenvalue weighted by molar-refractivity contribution is 7.18. The molecule has 32 heavy (non-hydrogen) atoms. The third-order valence-corrected chi connectivity index (χ3v) is 5.21. The Balaban J connectivity index is 1.95. The van der Waals surface area contributed by atoms with Gasteiger partial charge in [-0.05, 0) is 38.5 Å². The van der Waals surface area contributed by atoms with Gasteiger partial charge in [0.2, 0.25) is 0 Å². The average molecular weight is 464 g/mol. The Kier molecular flexibility index (Phi) is 9.68. The van der Waals surface area contributed by atoms with E-state index in [0.29, 0.717) is 11.3 Å². The molecule has 0 spiro atoms. The first-order valence-corrected chi connectivity index (χ1v) is 10.8. The van der Waals surface area contributed by atoms with Crippen LogP contribution in [0.3, 0.4) is 0 Å². The van der Waals surface area contributed by atoms with Gasteiger partial charge < -0.3 is 24.3 Å². The molecule has 0 unspecified atom stereocenters. The van der Waals surface area contributed by atoms with E-state index in [-0.39, 0.29) is 41.7 Å². The van der Waals surface area contributed by atoms with Gasteiger partial charge >= 0.3 is 17.9 Å². The quantitative estimate of drug-likeness (QED) is 0.398. The van der Waals surface area contributed by atoms with Gasteiger partial charge in [-0.1, -0.05) is 18.2 Å². The van der Waals surface area contributed by atoms with Gasteiger partial charge in [0.25, 0.3) is 5.91 Å². The number of carbonyl (C=O) groups is 4. The molecular formula is C22H25NO8S. The van der Waals surface area contributed by atoms with Crippen LogP contribution >= 0.6 is 11.3 Å². The van der Waals surface area contributed by atoms with Gasteiger partial charge in [-0.2, -0.15) is 0 Å². The number of anilines is 1. The van der Waals surface area contributed by atoms with Gasteiger partial charge in [-0.3, -0.25) is 9.59 Å². The summed E-state index contributed by atoms with van der Waals surface area (Å²) in [5.41, 5.74) is 0.410. The SMILES string of the molecule is CCOC(=O)c1sc(NC(=O)COC(=O)CCOc2ccccc2)c(C(=O)OCC)c1C. The van der Waals surface area contributed by atoms with E-state index in [1.807, 2.05) is 18.2 Å².